The Morgan fingerprint density at radius 2 is 1.95 bits per heavy atom. The SMILES string of the molecule is Cc1nn(C)c(C)c1OCc1noc(C(C)(C)C)n1. The van der Waals surface area contributed by atoms with Crippen LogP contribution >= 0.6 is 0 Å². The average Bonchev–Trinajstić information content (AvgIpc) is 2.84. The molecule has 0 aliphatic heterocycles. The van der Waals surface area contributed by atoms with Crippen molar-refractivity contribution in [3.63, 3.8) is 0 Å². The minimum Gasteiger partial charge on any atom is -0.482 e. The first-order valence-electron chi connectivity index (χ1n) is 6.25. The Morgan fingerprint density at radius 3 is 2.42 bits per heavy atom. The Kier molecular flexibility index (Phi) is 3.34. The number of nitrogens with zero attached hydrogens (tertiary/aromatic N) is 4. The van der Waals surface area contributed by atoms with Crippen molar-refractivity contribution in [2.45, 2.75) is 46.6 Å². The van der Waals surface area contributed by atoms with Crippen molar-refractivity contribution in [1.29, 1.82) is 0 Å². The van der Waals surface area contributed by atoms with Gasteiger partial charge in [0.1, 0.15) is 5.69 Å². The Balaban J connectivity index is 2.09. The highest BCUT2D eigenvalue weighted by atomic mass is 16.5. The third-order valence-electron chi connectivity index (χ3n) is 2.90. The number of aryl methyl sites for hydroxylation is 2. The van der Waals surface area contributed by atoms with E-state index in [0.717, 1.165) is 17.1 Å². The van der Waals surface area contributed by atoms with E-state index in [1.165, 1.54) is 0 Å². The van der Waals surface area contributed by atoms with Crippen LogP contribution in [0.15, 0.2) is 4.52 Å². The molecule has 0 atom stereocenters. The first kappa shape index (κ1) is 13.6. The summed E-state index contributed by atoms with van der Waals surface area (Å²) in [5.41, 5.74) is 1.70. The van der Waals surface area contributed by atoms with E-state index in [9.17, 15) is 0 Å². The molecule has 0 fully saturated rings. The fraction of sp³-hybridized carbons (Fsp3) is 0.615. The summed E-state index contributed by atoms with van der Waals surface area (Å²) in [6.45, 7) is 10.2. The van der Waals surface area contributed by atoms with Crippen LogP contribution in [0.3, 0.4) is 0 Å². The Morgan fingerprint density at radius 1 is 1.26 bits per heavy atom. The highest BCUT2D eigenvalue weighted by Crippen LogP contribution is 2.23. The lowest BCUT2D eigenvalue weighted by Crippen LogP contribution is -2.11. The predicted molar refractivity (Wildman–Crippen MR) is 70.0 cm³/mol. The summed E-state index contributed by atoms with van der Waals surface area (Å²) in [5, 5.41) is 8.22. The fourth-order valence-electron chi connectivity index (χ4n) is 1.72. The van der Waals surface area contributed by atoms with E-state index >= 15 is 0 Å². The molecule has 0 amide bonds. The molecule has 0 bridgehead atoms. The standard InChI is InChI=1S/C13H20N4O2/c1-8-11(9(2)17(6)15-8)18-7-10-14-12(19-16-10)13(3,4)5/h7H2,1-6H3. The van der Waals surface area contributed by atoms with Gasteiger partial charge in [-0.3, -0.25) is 4.68 Å². The summed E-state index contributed by atoms with van der Waals surface area (Å²) < 4.78 is 12.7. The number of hydrogen-bond donors (Lipinski definition) is 0. The minimum absolute atomic E-state index is 0.147. The van der Waals surface area contributed by atoms with Gasteiger partial charge in [-0.05, 0) is 13.8 Å². The zero-order valence-electron chi connectivity index (χ0n) is 12.3. The van der Waals surface area contributed by atoms with Crippen molar-refractivity contribution in [3.05, 3.63) is 23.1 Å². The molecule has 2 rings (SSSR count). The minimum atomic E-state index is -0.147. The molecule has 19 heavy (non-hydrogen) atoms. The van der Waals surface area contributed by atoms with Gasteiger partial charge in [0.2, 0.25) is 11.7 Å². The first-order chi connectivity index (χ1) is 8.79. The maximum atomic E-state index is 5.73. The van der Waals surface area contributed by atoms with Crippen LogP contribution in [0.2, 0.25) is 0 Å². The second-order valence-electron chi connectivity index (χ2n) is 5.68. The molecule has 0 saturated heterocycles. The van der Waals surface area contributed by atoms with Gasteiger partial charge in [0, 0.05) is 12.5 Å². The maximum Gasteiger partial charge on any atom is 0.232 e. The Labute approximate surface area is 112 Å². The summed E-state index contributed by atoms with van der Waals surface area (Å²) in [6, 6.07) is 0. The smallest absolute Gasteiger partial charge is 0.232 e. The zero-order valence-corrected chi connectivity index (χ0v) is 12.3. The highest BCUT2D eigenvalue weighted by molar-refractivity contribution is 5.31. The van der Waals surface area contributed by atoms with Crippen molar-refractivity contribution < 1.29 is 9.26 Å². The highest BCUT2D eigenvalue weighted by Gasteiger charge is 2.22. The van der Waals surface area contributed by atoms with E-state index in [0.29, 0.717) is 11.7 Å². The number of rotatable bonds is 3. The van der Waals surface area contributed by atoms with E-state index in [4.69, 9.17) is 9.26 Å². The predicted octanol–water partition coefficient (Wildman–Crippen LogP) is 2.30. The van der Waals surface area contributed by atoms with Gasteiger partial charge >= 0.3 is 0 Å². The van der Waals surface area contributed by atoms with E-state index in [1.807, 2.05) is 41.7 Å². The summed E-state index contributed by atoms with van der Waals surface area (Å²) in [4.78, 5) is 4.33. The Bertz CT molecular complexity index is 578. The average molecular weight is 264 g/mol. The van der Waals surface area contributed by atoms with Crippen LogP contribution in [0, 0.1) is 13.8 Å². The van der Waals surface area contributed by atoms with Gasteiger partial charge in [-0.1, -0.05) is 25.9 Å². The molecule has 0 aliphatic rings. The molecule has 0 N–H and O–H groups in total. The summed E-state index contributed by atoms with van der Waals surface area (Å²) in [7, 11) is 1.89. The van der Waals surface area contributed by atoms with E-state index in [2.05, 4.69) is 15.2 Å². The van der Waals surface area contributed by atoms with Crippen molar-refractivity contribution in [2.75, 3.05) is 0 Å². The molecule has 0 unspecified atom stereocenters. The van der Waals surface area contributed by atoms with Gasteiger partial charge < -0.3 is 9.26 Å². The van der Waals surface area contributed by atoms with Crippen molar-refractivity contribution in [3.8, 4) is 5.75 Å². The lowest BCUT2D eigenvalue weighted by molar-refractivity contribution is 0.277. The number of hydrogen-bond acceptors (Lipinski definition) is 5. The van der Waals surface area contributed by atoms with Crippen LogP contribution in [-0.4, -0.2) is 19.9 Å². The topological polar surface area (TPSA) is 66.0 Å². The van der Waals surface area contributed by atoms with Gasteiger partial charge in [0.15, 0.2) is 12.4 Å². The molecular formula is C13H20N4O2. The van der Waals surface area contributed by atoms with Crippen LogP contribution in [-0.2, 0) is 19.1 Å². The summed E-state index contributed by atoms with van der Waals surface area (Å²) in [6.07, 6.45) is 0. The second kappa shape index (κ2) is 4.68. The van der Waals surface area contributed by atoms with E-state index in [-0.39, 0.29) is 12.0 Å². The van der Waals surface area contributed by atoms with Gasteiger partial charge in [-0.15, -0.1) is 0 Å². The van der Waals surface area contributed by atoms with Gasteiger partial charge in [-0.2, -0.15) is 10.1 Å². The lowest BCUT2D eigenvalue weighted by atomic mass is 9.97. The second-order valence-corrected chi connectivity index (χ2v) is 5.68. The number of ether oxygens (including phenoxy) is 1. The zero-order chi connectivity index (χ0) is 14.2. The molecule has 0 aliphatic carbocycles. The van der Waals surface area contributed by atoms with Gasteiger partial charge in [0.05, 0.1) is 5.69 Å². The molecule has 0 aromatic carbocycles. The molecule has 2 aromatic heterocycles. The molecular weight excluding hydrogens is 244 g/mol. The quantitative estimate of drug-likeness (QED) is 0.851. The third-order valence-corrected chi connectivity index (χ3v) is 2.90. The van der Waals surface area contributed by atoms with Crippen LogP contribution in [0.4, 0.5) is 0 Å². The van der Waals surface area contributed by atoms with Crippen molar-refractivity contribution in [1.82, 2.24) is 19.9 Å². The molecule has 0 saturated carbocycles. The van der Waals surface area contributed by atoms with Crippen LogP contribution in [0.5, 0.6) is 5.75 Å². The fourth-order valence-corrected chi connectivity index (χ4v) is 1.72. The van der Waals surface area contributed by atoms with E-state index < -0.39 is 0 Å². The third kappa shape index (κ3) is 2.77. The van der Waals surface area contributed by atoms with E-state index in [1.54, 1.807) is 4.68 Å². The molecule has 6 nitrogen and oxygen atoms in total. The van der Waals surface area contributed by atoms with Crippen molar-refractivity contribution in [2.24, 2.45) is 7.05 Å². The van der Waals surface area contributed by atoms with Crippen LogP contribution < -0.4 is 4.74 Å². The Hall–Kier alpha value is -1.85. The maximum absolute atomic E-state index is 5.73. The molecule has 6 heteroatoms. The van der Waals surface area contributed by atoms with Gasteiger partial charge in [-0.25, -0.2) is 0 Å². The lowest BCUT2D eigenvalue weighted by Gasteiger charge is -2.10. The number of aromatic nitrogens is 4. The molecule has 2 aromatic rings. The molecule has 0 radical (unpaired) electrons. The normalized spacial score (nSPS) is 11.9. The first-order valence-corrected chi connectivity index (χ1v) is 6.25. The molecule has 0 spiro atoms. The van der Waals surface area contributed by atoms with Crippen LogP contribution in [0.25, 0.3) is 0 Å². The monoisotopic (exact) mass is 264 g/mol. The molecule has 2 heterocycles. The van der Waals surface area contributed by atoms with Crippen LogP contribution in [0.1, 0.15) is 43.9 Å². The summed E-state index contributed by atoms with van der Waals surface area (Å²) in [5.74, 6) is 1.95. The summed E-state index contributed by atoms with van der Waals surface area (Å²) >= 11 is 0. The van der Waals surface area contributed by atoms with Gasteiger partial charge in [0.25, 0.3) is 0 Å². The molecule has 104 valence electrons. The van der Waals surface area contributed by atoms with Crippen molar-refractivity contribution >= 4 is 0 Å². The largest absolute Gasteiger partial charge is 0.482 e.